The first-order valence-electron chi connectivity index (χ1n) is 7.39. The lowest BCUT2D eigenvalue weighted by Gasteiger charge is -2.17. The summed E-state index contributed by atoms with van der Waals surface area (Å²) in [5.74, 6) is 0.688. The van der Waals surface area contributed by atoms with Crippen LogP contribution in [0, 0.1) is 5.82 Å². The molecule has 0 aliphatic carbocycles. The van der Waals surface area contributed by atoms with Crippen molar-refractivity contribution in [1.82, 2.24) is 5.32 Å². The molecule has 0 unspecified atom stereocenters. The van der Waals surface area contributed by atoms with Crippen molar-refractivity contribution in [1.29, 1.82) is 0 Å². The second-order valence-corrected chi connectivity index (χ2v) is 5.45. The molecule has 0 aliphatic heterocycles. The van der Waals surface area contributed by atoms with Crippen LogP contribution in [0.5, 0.6) is 5.75 Å². The van der Waals surface area contributed by atoms with Crippen molar-refractivity contribution in [3.05, 3.63) is 59.4 Å². The van der Waals surface area contributed by atoms with E-state index in [9.17, 15) is 4.39 Å². The van der Waals surface area contributed by atoms with Crippen molar-refractivity contribution in [3.8, 4) is 5.75 Å². The van der Waals surface area contributed by atoms with Gasteiger partial charge in [-0.15, -0.1) is 0 Å². The van der Waals surface area contributed by atoms with Gasteiger partial charge in [-0.25, -0.2) is 4.39 Å². The second-order valence-electron chi connectivity index (χ2n) is 5.45. The van der Waals surface area contributed by atoms with Crippen LogP contribution in [0.4, 0.5) is 10.1 Å². The molecule has 118 valence electrons. The monoisotopic (exact) mass is 302 g/mol. The number of nitrogens with one attached hydrogen (secondary N) is 1. The largest absolute Gasteiger partial charge is 0.495 e. The molecule has 0 amide bonds. The van der Waals surface area contributed by atoms with Gasteiger partial charge in [-0.1, -0.05) is 18.2 Å². The Balaban J connectivity index is 1.85. The maximum atomic E-state index is 12.8. The van der Waals surface area contributed by atoms with Crippen LogP contribution in [0.2, 0.25) is 0 Å². The summed E-state index contributed by atoms with van der Waals surface area (Å²) in [6.45, 7) is 1.63. The van der Waals surface area contributed by atoms with Crippen molar-refractivity contribution < 1.29 is 9.13 Å². The predicted octanol–water partition coefficient (Wildman–Crippen LogP) is 3.23. The lowest BCUT2D eigenvalue weighted by atomic mass is 10.1. The first-order chi connectivity index (χ1) is 10.6. The van der Waals surface area contributed by atoms with Crippen molar-refractivity contribution in [2.45, 2.75) is 13.0 Å². The van der Waals surface area contributed by atoms with E-state index in [4.69, 9.17) is 4.74 Å². The minimum atomic E-state index is -0.190. The Morgan fingerprint density at radius 2 is 1.73 bits per heavy atom. The van der Waals surface area contributed by atoms with Gasteiger partial charge >= 0.3 is 0 Å². The Morgan fingerprint density at radius 1 is 1.05 bits per heavy atom. The summed E-state index contributed by atoms with van der Waals surface area (Å²) in [6, 6.07) is 12.9. The summed E-state index contributed by atoms with van der Waals surface area (Å²) < 4.78 is 18.3. The Bertz CT molecular complexity index is 597. The van der Waals surface area contributed by atoms with E-state index < -0.39 is 0 Å². The van der Waals surface area contributed by atoms with Crippen molar-refractivity contribution in [3.63, 3.8) is 0 Å². The van der Waals surface area contributed by atoms with Gasteiger partial charge in [0.25, 0.3) is 0 Å². The normalized spacial score (nSPS) is 10.5. The molecule has 0 bridgehead atoms. The van der Waals surface area contributed by atoms with Crippen LogP contribution in [0.15, 0.2) is 42.5 Å². The summed E-state index contributed by atoms with van der Waals surface area (Å²) in [6.07, 6.45) is 0.882. The van der Waals surface area contributed by atoms with Gasteiger partial charge in [0, 0.05) is 20.6 Å². The van der Waals surface area contributed by atoms with Crippen LogP contribution in [0.1, 0.15) is 11.1 Å². The molecule has 0 heterocycles. The van der Waals surface area contributed by atoms with E-state index in [0.29, 0.717) is 0 Å². The van der Waals surface area contributed by atoms with Gasteiger partial charge in [0.2, 0.25) is 0 Å². The smallest absolute Gasteiger partial charge is 0.142 e. The lowest BCUT2D eigenvalue weighted by molar-refractivity contribution is 0.414. The summed E-state index contributed by atoms with van der Waals surface area (Å²) in [5, 5.41) is 3.40. The van der Waals surface area contributed by atoms with Gasteiger partial charge in [-0.2, -0.15) is 0 Å². The minimum absolute atomic E-state index is 0.190. The molecule has 2 aromatic carbocycles. The van der Waals surface area contributed by atoms with Crippen molar-refractivity contribution in [2.24, 2.45) is 0 Å². The van der Waals surface area contributed by atoms with Crippen LogP contribution in [0.25, 0.3) is 0 Å². The molecular formula is C18H23FN2O. The fraction of sp³-hybridized carbons (Fsp3) is 0.333. The van der Waals surface area contributed by atoms with Gasteiger partial charge in [0.15, 0.2) is 0 Å². The molecule has 2 rings (SSSR count). The summed E-state index contributed by atoms with van der Waals surface area (Å²) >= 11 is 0. The first-order valence-corrected chi connectivity index (χ1v) is 7.39. The van der Waals surface area contributed by atoms with E-state index in [1.54, 1.807) is 7.11 Å². The van der Waals surface area contributed by atoms with E-state index in [1.165, 1.54) is 17.7 Å². The third-order valence-corrected chi connectivity index (χ3v) is 3.56. The third kappa shape index (κ3) is 4.46. The number of anilines is 1. The van der Waals surface area contributed by atoms with Crippen LogP contribution in [-0.2, 0) is 13.0 Å². The average molecular weight is 302 g/mol. The van der Waals surface area contributed by atoms with Gasteiger partial charge in [-0.05, 0) is 48.4 Å². The zero-order valence-corrected chi connectivity index (χ0v) is 13.4. The van der Waals surface area contributed by atoms with Crippen LogP contribution >= 0.6 is 0 Å². The molecule has 0 atom stereocenters. The molecule has 22 heavy (non-hydrogen) atoms. The highest BCUT2D eigenvalue weighted by molar-refractivity contribution is 5.58. The molecule has 1 N–H and O–H groups in total. The van der Waals surface area contributed by atoms with E-state index in [2.05, 4.69) is 23.5 Å². The standard InChI is InChI=1S/C18H23FN2O/c1-21(2)17-9-6-15(12-18(17)22-3)13-20-11-10-14-4-7-16(19)8-5-14/h4-9,12,20H,10-11,13H2,1-3H3. The predicted molar refractivity (Wildman–Crippen MR) is 89.1 cm³/mol. The lowest BCUT2D eigenvalue weighted by Crippen LogP contribution is -2.17. The van der Waals surface area contributed by atoms with Crippen LogP contribution in [-0.4, -0.2) is 27.7 Å². The van der Waals surface area contributed by atoms with Gasteiger partial charge < -0.3 is 15.0 Å². The highest BCUT2D eigenvalue weighted by Gasteiger charge is 2.06. The number of nitrogens with zero attached hydrogens (tertiary/aromatic N) is 1. The molecule has 0 aliphatic rings. The maximum absolute atomic E-state index is 12.8. The Morgan fingerprint density at radius 3 is 2.36 bits per heavy atom. The number of hydrogen-bond acceptors (Lipinski definition) is 3. The first kappa shape index (κ1) is 16.3. The number of halogens is 1. The van der Waals surface area contributed by atoms with Gasteiger partial charge in [0.1, 0.15) is 11.6 Å². The molecule has 0 saturated heterocycles. The van der Waals surface area contributed by atoms with E-state index >= 15 is 0 Å². The number of methoxy groups -OCH3 is 1. The van der Waals surface area contributed by atoms with Crippen LogP contribution < -0.4 is 15.0 Å². The molecule has 0 fully saturated rings. The second kappa shape index (κ2) is 7.80. The Kier molecular flexibility index (Phi) is 5.78. The van der Waals surface area contributed by atoms with Crippen LogP contribution in [0.3, 0.4) is 0 Å². The molecule has 2 aromatic rings. The molecule has 3 nitrogen and oxygen atoms in total. The molecule has 0 spiro atoms. The number of rotatable bonds is 7. The summed E-state index contributed by atoms with van der Waals surface area (Å²) in [4.78, 5) is 2.03. The van der Waals surface area contributed by atoms with Crippen molar-refractivity contribution >= 4 is 5.69 Å². The van der Waals surface area contributed by atoms with E-state index in [0.717, 1.165) is 36.5 Å². The molecule has 0 aromatic heterocycles. The molecule has 4 heteroatoms. The molecule has 0 radical (unpaired) electrons. The third-order valence-electron chi connectivity index (χ3n) is 3.56. The fourth-order valence-corrected chi connectivity index (χ4v) is 2.32. The quantitative estimate of drug-likeness (QED) is 0.795. The zero-order valence-electron chi connectivity index (χ0n) is 13.4. The highest BCUT2D eigenvalue weighted by Crippen LogP contribution is 2.27. The van der Waals surface area contributed by atoms with Gasteiger partial charge in [-0.3, -0.25) is 0 Å². The van der Waals surface area contributed by atoms with E-state index in [1.807, 2.05) is 31.1 Å². The minimum Gasteiger partial charge on any atom is -0.495 e. The Labute approximate surface area is 131 Å². The van der Waals surface area contributed by atoms with Crippen molar-refractivity contribution in [2.75, 3.05) is 32.6 Å². The Hall–Kier alpha value is -2.07. The number of benzene rings is 2. The summed E-state index contributed by atoms with van der Waals surface area (Å²) in [5.41, 5.74) is 3.38. The van der Waals surface area contributed by atoms with E-state index in [-0.39, 0.29) is 5.82 Å². The zero-order chi connectivity index (χ0) is 15.9. The summed E-state index contributed by atoms with van der Waals surface area (Å²) in [7, 11) is 5.69. The number of hydrogen-bond donors (Lipinski definition) is 1. The topological polar surface area (TPSA) is 24.5 Å². The molecule has 0 saturated carbocycles. The average Bonchev–Trinajstić information content (AvgIpc) is 2.52. The maximum Gasteiger partial charge on any atom is 0.142 e. The fourth-order valence-electron chi connectivity index (χ4n) is 2.32. The SMILES string of the molecule is COc1cc(CNCCc2ccc(F)cc2)ccc1N(C)C. The molecular weight excluding hydrogens is 279 g/mol. The van der Waals surface area contributed by atoms with Gasteiger partial charge in [0.05, 0.1) is 12.8 Å². The number of ether oxygens (including phenoxy) is 1. The highest BCUT2D eigenvalue weighted by atomic mass is 19.1.